The SMILES string of the molecule is CC.COC(=O)C(Cc1ccc(-c2c(C)cnn(C)c2=O)cc1)NC(=O)c1cccnc1Cl. The van der Waals surface area contributed by atoms with Gasteiger partial charge in [0, 0.05) is 19.7 Å². The average molecular weight is 471 g/mol. The molecule has 0 aliphatic heterocycles. The maximum Gasteiger partial charge on any atom is 0.328 e. The highest BCUT2D eigenvalue weighted by Gasteiger charge is 2.24. The van der Waals surface area contributed by atoms with Crippen molar-refractivity contribution in [2.75, 3.05) is 7.11 Å². The summed E-state index contributed by atoms with van der Waals surface area (Å²) in [6, 6.07) is 9.38. The van der Waals surface area contributed by atoms with Gasteiger partial charge in [0.05, 0.1) is 24.4 Å². The van der Waals surface area contributed by atoms with Gasteiger partial charge in [-0.3, -0.25) is 9.59 Å². The summed E-state index contributed by atoms with van der Waals surface area (Å²) >= 11 is 5.97. The van der Waals surface area contributed by atoms with Crippen molar-refractivity contribution in [3.63, 3.8) is 0 Å². The number of carbonyl (C=O) groups is 2. The minimum absolute atomic E-state index is 0.0438. The lowest BCUT2D eigenvalue weighted by molar-refractivity contribution is -0.142. The van der Waals surface area contributed by atoms with E-state index in [2.05, 4.69) is 15.4 Å². The van der Waals surface area contributed by atoms with Crippen molar-refractivity contribution in [2.24, 2.45) is 7.05 Å². The fourth-order valence-corrected chi connectivity index (χ4v) is 3.35. The van der Waals surface area contributed by atoms with Gasteiger partial charge in [-0.1, -0.05) is 49.7 Å². The van der Waals surface area contributed by atoms with Crippen LogP contribution >= 0.6 is 11.6 Å². The number of carbonyl (C=O) groups excluding carboxylic acids is 2. The van der Waals surface area contributed by atoms with Crippen LogP contribution in [-0.4, -0.2) is 39.8 Å². The molecule has 0 radical (unpaired) electrons. The molecule has 2 aromatic heterocycles. The summed E-state index contributed by atoms with van der Waals surface area (Å²) in [4.78, 5) is 41.1. The summed E-state index contributed by atoms with van der Waals surface area (Å²) in [7, 11) is 2.85. The predicted molar refractivity (Wildman–Crippen MR) is 127 cm³/mol. The van der Waals surface area contributed by atoms with Crippen LogP contribution in [-0.2, 0) is 23.0 Å². The molecule has 3 rings (SSSR count). The molecule has 0 aliphatic rings. The van der Waals surface area contributed by atoms with E-state index >= 15 is 0 Å². The Hall–Kier alpha value is -3.52. The summed E-state index contributed by atoms with van der Waals surface area (Å²) < 4.78 is 6.12. The number of nitrogens with zero attached hydrogens (tertiary/aromatic N) is 3. The molecule has 2 heterocycles. The largest absolute Gasteiger partial charge is 0.467 e. The number of methoxy groups -OCH3 is 1. The lowest BCUT2D eigenvalue weighted by Gasteiger charge is -2.17. The number of pyridine rings is 1. The van der Waals surface area contributed by atoms with E-state index in [0.717, 1.165) is 16.7 Å². The van der Waals surface area contributed by atoms with Crippen LogP contribution in [0.2, 0.25) is 5.15 Å². The fraction of sp³-hybridized carbons (Fsp3) is 0.292. The molecule has 3 aromatic rings. The van der Waals surface area contributed by atoms with Gasteiger partial charge in [0.15, 0.2) is 0 Å². The normalized spacial score (nSPS) is 11.1. The molecule has 0 bridgehead atoms. The Kier molecular flexibility index (Phi) is 9.30. The molecule has 0 saturated heterocycles. The summed E-state index contributed by atoms with van der Waals surface area (Å²) in [5.41, 5.74) is 2.82. The van der Waals surface area contributed by atoms with Gasteiger partial charge in [-0.25, -0.2) is 14.5 Å². The van der Waals surface area contributed by atoms with E-state index in [-0.39, 0.29) is 22.7 Å². The number of benzene rings is 1. The first-order valence-electron chi connectivity index (χ1n) is 10.4. The van der Waals surface area contributed by atoms with Crippen molar-refractivity contribution in [2.45, 2.75) is 33.2 Å². The Morgan fingerprint density at radius 3 is 2.45 bits per heavy atom. The van der Waals surface area contributed by atoms with Crippen LogP contribution in [0.25, 0.3) is 11.1 Å². The third-order valence-corrected chi connectivity index (χ3v) is 5.11. The third-order valence-electron chi connectivity index (χ3n) is 4.80. The molecule has 1 amide bonds. The number of ether oxygens (including phenoxy) is 1. The number of halogens is 1. The highest BCUT2D eigenvalue weighted by atomic mass is 35.5. The van der Waals surface area contributed by atoms with E-state index in [9.17, 15) is 14.4 Å². The number of hydrogen-bond donors (Lipinski definition) is 1. The zero-order valence-electron chi connectivity index (χ0n) is 19.3. The number of aryl methyl sites for hydroxylation is 2. The Balaban J connectivity index is 0.00000187. The highest BCUT2D eigenvalue weighted by Crippen LogP contribution is 2.20. The molecular formula is C24H27ClN4O4. The summed E-state index contributed by atoms with van der Waals surface area (Å²) in [5.74, 6) is -1.11. The molecule has 0 spiro atoms. The maximum atomic E-state index is 12.5. The van der Waals surface area contributed by atoms with Crippen LogP contribution in [0, 0.1) is 6.92 Å². The first-order valence-corrected chi connectivity index (χ1v) is 10.8. The molecule has 9 heteroatoms. The number of esters is 1. The molecule has 0 saturated carbocycles. The van der Waals surface area contributed by atoms with Gasteiger partial charge in [-0.15, -0.1) is 0 Å². The lowest BCUT2D eigenvalue weighted by Crippen LogP contribution is -2.43. The van der Waals surface area contributed by atoms with Gasteiger partial charge < -0.3 is 10.1 Å². The van der Waals surface area contributed by atoms with Gasteiger partial charge in [-0.2, -0.15) is 5.10 Å². The second-order valence-electron chi connectivity index (χ2n) is 6.92. The van der Waals surface area contributed by atoms with Crippen molar-refractivity contribution in [3.05, 3.63) is 81.0 Å². The van der Waals surface area contributed by atoms with Crippen LogP contribution in [0.3, 0.4) is 0 Å². The Bertz CT molecular complexity index is 1180. The van der Waals surface area contributed by atoms with Gasteiger partial charge in [0.25, 0.3) is 11.5 Å². The van der Waals surface area contributed by atoms with Crippen molar-refractivity contribution in [1.29, 1.82) is 0 Å². The van der Waals surface area contributed by atoms with E-state index < -0.39 is 17.9 Å². The fourth-order valence-electron chi connectivity index (χ4n) is 3.14. The van der Waals surface area contributed by atoms with Crippen LogP contribution in [0.5, 0.6) is 0 Å². The van der Waals surface area contributed by atoms with Crippen LogP contribution < -0.4 is 10.9 Å². The first kappa shape index (κ1) is 25.7. The molecule has 0 fully saturated rings. The standard InChI is InChI=1S/C22H21ClN4O4.C2H6/c1-13-12-25-27(2)21(29)18(13)15-8-6-14(7-9-15)11-17(22(30)31-3)26-20(28)16-5-4-10-24-19(16)23;1-2/h4-10,12,17H,11H2,1-3H3,(H,26,28);1-2H3. The molecule has 33 heavy (non-hydrogen) atoms. The first-order chi connectivity index (χ1) is 15.8. The zero-order valence-corrected chi connectivity index (χ0v) is 20.0. The monoisotopic (exact) mass is 470 g/mol. The number of nitrogens with one attached hydrogen (secondary N) is 1. The molecule has 1 aromatic carbocycles. The quantitative estimate of drug-likeness (QED) is 0.437. The average Bonchev–Trinajstić information content (AvgIpc) is 2.83. The molecule has 0 aliphatic carbocycles. The molecule has 174 valence electrons. The van der Waals surface area contributed by atoms with E-state index in [1.165, 1.54) is 24.1 Å². The molecule has 1 atom stereocenters. The van der Waals surface area contributed by atoms with Gasteiger partial charge in [0.1, 0.15) is 11.2 Å². The summed E-state index contributed by atoms with van der Waals surface area (Å²) in [6.07, 6.45) is 3.30. The minimum Gasteiger partial charge on any atom is -0.467 e. The van der Waals surface area contributed by atoms with Crippen LogP contribution in [0.15, 0.2) is 53.6 Å². The Morgan fingerprint density at radius 2 is 1.85 bits per heavy atom. The lowest BCUT2D eigenvalue weighted by atomic mass is 9.99. The molecular weight excluding hydrogens is 444 g/mol. The summed E-state index contributed by atoms with van der Waals surface area (Å²) in [5, 5.41) is 6.70. The predicted octanol–water partition coefficient (Wildman–Crippen LogP) is 3.34. The number of hydrogen-bond acceptors (Lipinski definition) is 6. The van der Waals surface area contributed by atoms with Gasteiger partial charge in [-0.05, 0) is 35.7 Å². The third kappa shape index (κ3) is 6.26. The van der Waals surface area contributed by atoms with E-state index in [1.807, 2.05) is 20.8 Å². The van der Waals surface area contributed by atoms with Crippen LogP contribution in [0.4, 0.5) is 0 Å². The topological polar surface area (TPSA) is 103 Å². The van der Waals surface area contributed by atoms with Gasteiger partial charge >= 0.3 is 5.97 Å². The zero-order chi connectivity index (χ0) is 24.5. The van der Waals surface area contributed by atoms with Crippen molar-refractivity contribution >= 4 is 23.5 Å². The highest BCUT2D eigenvalue weighted by molar-refractivity contribution is 6.32. The molecule has 8 nitrogen and oxygen atoms in total. The van der Waals surface area contributed by atoms with E-state index in [4.69, 9.17) is 16.3 Å². The molecule has 1 unspecified atom stereocenters. The maximum absolute atomic E-state index is 12.5. The Labute approximate surface area is 197 Å². The second kappa shape index (κ2) is 11.9. The van der Waals surface area contributed by atoms with Crippen LogP contribution in [0.1, 0.15) is 35.3 Å². The number of amides is 1. The van der Waals surface area contributed by atoms with Crippen molar-refractivity contribution in [1.82, 2.24) is 20.1 Å². The minimum atomic E-state index is -0.921. The smallest absolute Gasteiger partial charge is 0.328 e. The number of rotatable bonds is 6. The number of aromatic nitrogens is 3. The van der Waals surface area contributed by atoms with E-state index in [1.54, 1.807) is 43.6 Å². The van der Waals surface area contributed by atoms with E-state index in [0.29, 0.717) is 5.56 Å². The molecule has 1 N–H and O–H groups in total. The van der Waals surface area contributed by atoms with Crippen molar-refractivity contribution < 1.29 is 14.3 Å². The van der Waals surface area contributed by atoms with Crippen molar-refractivity contribution in [3.8, 4) is 11.1 Å². The van der Waals surface area contributed by atoms with Gasteiger partial charge in [0.2, 0.25) is 0 Å². The Morgan fingerprint density at radius 1 is 1.18 bits per heavy atom. The second-order valence-corrected chi connectivity index (χ2v) is 7.28. The summed E-state index contributed by atoms with van der Waals surface area (Å²) in [6.45, 7) is 5.82.